The highest BCUT2D eigenvalue weighted by atomic mass is 16.7. The molecule has 0 saturated carbocycles. The number of rotatable bonds is 66. The van der Waals surface area contributed by atoms with Crippen LogP contribution in [0.1, 0.15) is 328 Å². The lowest BCUT2D eigenvalue weighted by atomic mass is 9.97. The summed E-state index contributed by atoms with van der Waals surface area (Å²) in [5, 5.41) is 87.9. The minimum absolute atomic E-state index is 0.221. The Labute approximate surface area is 592 Å². The van der Waals surface area contributed by atoms with Gasteiger partial charge in [-0.15, -0.1) is 0 Å². The molecule has 0 radical (unpaired) electrons. The molecule has 2 aliphatic heterocycles. The summed E-state index contributed by atoms with van der Waals surface area (Å²) in [6, 6.07) is -0.847. The Morgan fingerprint density at radius 2 is 0.711 bits per heavy atom. The summed E-state index contributed by atoms with van der Waals surface area (Å²) in [6.45, 7) is 2.78. The van der Waals surface area contributed by atoms with Gasteiger partial charge in [0.05, 0.1) is 32.0 Å². The molecule has 14 heteroatoms. The lowest BCUT2D eigenvalue weighted by Gasteiger charge is -2.46. The molecular weight excluding hydrogens is 1220 g/mol. The largest absolute Gasteiger partial charge is 0.394 e. The van der Waals surface area contributed by atoms with Gasteiger partial charge in [-0.2, -0.15) is 0 Å². The van der Waals surface area contributed by atoms with Crippen molar-refractivity contribution < 1.29 is 64.6 Å². The van der Waals surface area contributed by atoms with Crippen LogP contribution in [0.15, 0.2) is 97.2 Å². The second-order valence-corrected chi connectivity index (χ2v) is 27.8. The van der Waals surface area contributed by atoms with Crippen molar-refractivity contribution in [3.8, 4) is 0 Å². The van der Waals surface area contributed by atoms with Crippen LogP contribution in [-0.2, 0) is 23.7 Å². The van der Waals surface area contributed by atoms with Gasteiger partial charge in [0.1, 0.15) is 48.8 Å². The molecule has 9 N–H and O–H groups in total. The molecule has 2 fully saturated rings. The molecule has 0 aromatic rings. The van der Waals surface area contributed by atoms with Gasteiger partial charge in [-0.05, 0) is 77.0 Å². The normalized spacial score (nSPS) is 22.7. The maximum Gasteiger partial charge on any atom is 0.220 e. The number of amides is 1. The highest BCUT2D eigenvalue weighted by Crippen LogP contribution is 2.30. The average molecular weight is 1370 g/mol. The molecule has 14 nitrogen and oxygen atoms in total. The molecule has 2 aliphatic rings. The molecular formula is C83H147NO13. The van der Waals surface area contributed by atoms with Crippen LogP contribution >= 0.6 is 0 Å². The molecule has 12 unspecified atom stereocenters. The minimum Gasteiger partial charge on any atom is -0.394 e. The number of unbranched alkanes of at least 4 members (excludes halogenated alkanes) is 37. The predicted molar refractivity (Wildman–Crippen MR) is 401 cm³/mol. The van der Waals surface area contributed by atoms with E-state index in [4.69, 9.17) is 18.9 Å². The van der Waals surface area contributed by atoms with Gasteiger partial charge < -0.3 is 65.1 Å². The standard InChI is InChI=1S/C83H147NO13/c1-3-5-7-9-11-13-15-17-19-21-23-25-27-29-31-33-35-37-38-40-42-44-46-48-50-52-54-56-58-60-62-64-66-72(87)71(70-94-82-80(93)78(91)81(74(69-86)96-82)97-83-79(92)77(90)76(89)73(68-85)95-83)84-75(88)67-65-63-61-59-57-55-53-51-49-47-45-43-41-39-36-34-32-30-28-26-24-22-20-18-16-14-12-10-8-6-4-2/h6,8,12,14,18,20,24,26,30,32,36,39,43,45,49,51,71-74,76-83,85-87,89-93H,3-5,7,9-11,13,15-17,19,21-23,25,27-29,31,33-35,37-38,40-42,44,46-48,50,52-70H2,1-2H3,(H,84,88)/b8-6-,14-12-,20-18-,26-24-,32-30-,39-36-,45-43-,51-49-. The monoisotopic (exact) mass is 1370 g/mol. The van der Waals surface area contributed by atoms with Crippen LogP contribution in [0, 0.1) is 0 Å². The first-order valence-corrected chi connectivity index (χ1v) is 40.0. The van der Waals surface area contributed by atoms with Crippen LogP contribution in [0.25, 0.3) is 0 Å². The lowest BCUT2D eigenvalue weighted by molar-refractivity contribution is -0.359. The third-order valence-corrected chi connectivity index (χ3v) is 19.1. The van der Waals surface area contributed by atoms with Crippen LogP contribution in [0.2, 0.25) is 0 Å². The van der Waals surface area contributed by atoms with Crippen molar-refractivity contribution in [2.24, 2.45) is 0 Å². The van der Waals surface area contributed by atoms with Gasteiger partial charge in [0.2, 0.25) is 5.91 Å². The summed E-state index contributed by atoms with van der Waals surface area (Å²) in [7, 11) is 0. The summed E-state index contributed by atoms with van der Waals surface area (Å²) < 4.78 is 23.0. The van der Waals surface area contributed by atoms with E-state index in [2.05, 4.69) is 116 Å². The number of aliphatic hydroxyl groups excluding tert-OH is 8. The summed E-state index contributed by atoms with van der Waals surface area (Å²) in [5.41, 5.74) is 0. The first-order valence-electron chi connectivity index (χ1n) is 40.0. The SMILES string of the molecule is CC/C=C\C/C=C\C/C=C\C/C=C\C/C=C\C/C=C\C/C=C\C/C=C\CCCCCCCCC(=O)NC(COC1OC(CO)C(OC2OC(CO)C(O)C(O)C2O)C(O)C1O)C(O)CCCCCCCCCCCCCCCCCCCCCCCCCCCCCCCCCC. The number of hydrogen-bond donors (Lipinski definition) is 9. The van der Waals surface area contributed by atoms with Crippen LogP contribution in [0.5, 0.6) is 0 Å². The van der Waals surface area contributed by atoms with E-state index in [1.807, 2.05) is 0 Å². The van der Waals surface area contributed by atoms with E-state index in [1.54, 1.807) is 0 Å². The van der Waals surface area contributed by atoms with Gasteiger partial charge in [-0.25, -0.2) is 0 Å². The summed E-state index contributed by atoms with van der Waals surface area (Å²) >= 11 is 0. The summed E-state index contributed by atoms with van der Waals surface area (Å²) in [4.78, 5) is 13.4. The first-order chi connectivity index (χ1) is 47.6. The Hall–Kier alpha value is -3.09. The van der Waals surface area contributed by atoms with E-state index in [0.717, 1.165) is 116 Å². The Kier molecular flexibility index (Phi) is 61.4. The van der Waals surface area contributed by atoms with E-state index >= 15 is 0 Å². The zero-order chi connectivity index (χ0) is 70.1. The third kappa shape index (κ3) is 49.2. The Morgan fingerprint density at radius 1 is 0.381 bits per heavy atom. The fourth-order valence-corrected chi connectivity index (χ4v) is 12.8. The Bertz CT molecular complexity index is 2000. The predicted octanol–water partition coefficient (Wildman–Crippen LogP) is 18.1. The fourth-order valence-electron chi connectivity index (χ4n) is 12.8. The molecule has 12 atom stereocenters. The maximum atomic E-state index is 13.4. The molecule has 0 spiro atoms. The van der Waals surface area contributed by atoms with Crippen LogP contribution in [0.4, 0.5) is 0 Å². The van der Waals surface area contributed by atoms with Gasteiger partial charge in [0.25, 0.3) is 0 Å². The molecule has 2 heterocycles. The average Bonchev–Trinajstić information content (AvgIpc) is 0.794. The highest BCUT2D eigenvalue weighted by molar-refractivity contribution is 5.76. The number of allylic oxidation sites excluding steroid dienone is 16. The summed E-state index contributed by atoms with van der Waals surface area (Å²) in [6.07, 6.45) is 77.2. The molecule has 97 heavy (non-hydrogen) atoms. The number of nitrogens with one attached hydrogen (secondary N) is 1. The lowest BCUT2D eigenvalue weighted by Crippen LogP contribution is -2.65. The van der Waals surface area contributed by atoms with Gasteiger partial charge in [-0.3, -0.25) is 4.79 Å². The zero-order valence-corrected chi connectivity index (χ0v) is 61.6. The van der Waals surface area contributed by atoms with E-state index in [1.165, 1.54) is 180 Å². The van der Waals surface area contributed by atoms with Crippen molar-refractivity contribution in [1.29, 1.82) is 0 Å². The fraction of sp³-hybridized carbons (Fsp3) is 0.795. The summed E-state index contributed by atoms with van der Waals surface area (Å²) in [5.74, 6) is -0.221. The molecule has 1 amide bonds. The molecule has 0 aromatic heterocycles. The van der Waals surface area contributed by atoms with Crippen LogP contribution in [-0.4, -0.2) is 140 Å². The van der Waals surface area contributed by atoms with Gasteiger partial charge in [-0.1, -0.05) is 342 Å². The van der Waals surface area contributed by atoms with Crippen molar-refractivity contribution in [3.63, 3.8) is 0 Å². The van der Waals surface area contributed by atoms with Gasteiger partial charge in [0.15, 0.2) is 12.6 Å². The Balaban J connectivity index is 1.63. The molecule has 0 bridgehead atoms. The van der Waals surface area contributed by atoms with Crippen molar-refractivity contribution in [2.75, 3.05) is 19.8 Å². The number of carbonyl (C=O) groups is 1. The third-order valence-electron chi connectivity index (χ3n) is 19.1. The quantitative estimate of drug-likeness (QED) is 0.0204. The molecule has 562 valence electrons. The smallest absolute Gasteiger partial charge is 0.220 e. The number of ether oxygens (including phenoxy) is 4. The van der Waals surface area contributed by atoms with E-state index in [0.29, 0.717) is 12.8 Å². The van der Waals surface area contributed by atoms with Crippen molar-refractivity contribution >= 4 is 5.91 Å². The molecule has 0 aromatic carbocycles. The Morgan fingerprint density at radius 3 is 1.09 bits per heavy atom. The second-order valence-electron chi connectivity index (χ2n) is 27.8. The van der Waals surface area contributed by atoms with Crippen LogP contribution < -0.4 is 5.32 Å². The van der Waals surface area contributed by atoms with E-state index < -0.39 is 86.8 Å². The minimum atomic E-state index is -1.79. The van der Waals surface area contributed by atoms with Gasteiger partial charge in [0, 0.05) is 6.42 Å². The molecule has 2 saturated heterocycles. The van der Waals surface area contributed by atoms with Crippen molar-refractivity contribution in [3.05, 3.63) is 97.2 Å². The van der Waals surface area contributed by atoms with Crippen molar-refractivity contribution in [2.45, 2.75) is 402 Å². The number of hydrogen-bond acceptors (Lipinski definition) is 13. The van der Waals surface area contributed by atoms with E-state index in [9.17, 15) is 45.6 Å². The molecule has 0 aliphatic carbocycles. The number of aliphatic hydroxyl groups is 8. The van der Waals surface area contributed by atoms with E-state index in [-0.39, 0.29) is 18.9 Å². The molecule has 2 rings (SSSR count). The maximum absolute atomic E-state index is 13.4. The van der Waals surface area contributed by atoms with Crippen molar-refractivity contribution in [1.82, 2.24) is 5.32 Å². The second kappa shape index (κ2) is 66.2. The number of carbonyl (C=O) groups excluding carboxylic acids is 1. The van der Waals surface area contributed by atoms with Crippen LogP contribution in [0.3, 0.4) is 0 Å². The highest BCUT2D eigenvalue weighted by Gasteiger charge is 2.51. The zero-order valence-electron chi connectivity index (χ0n) is 61.6. The van der Waals surface area contributed by atoms with Gasteiger partial charge >= 0.3 is 0 Å². The first kappa shape index (κ1) is 90.0. The topological polar surface area (TPSA) is 228 Å².